The van der Waals surface area contributed by atoms with Crippen LogP contribution in [0.25, 0.3) is 0 Å². The summed E-state index contributed by atoms with van der Waals surface area (Å²) in [5.41, 5.74) is 2.95. The lowest BCUT2D eigenvalue weighted by Gasteiger charge is -2.57. The molecule has 8 aliphatic rings. The first-order chi connectivity index (χ1) is 21.0. The molecule has 8 bridgehead atoms. The van der Waals surface area contributed by atoms with E-state index in [2.05, 4.69) is 24.3 Å². The Hall–Kier alpha value is -2.38. The van der Waals surface area contributed by atoms with E-state index in [-0.39, 0.29) is 24.4 Å². The van der Waals surface area contributed by atoms with Gasteiger partial charge in [-0.15, -0.1) is 0 Å². The molecule has 43 heavy (non-hydrogen) atoms. The van der Waals surface area contributed by atoms with Gasteiger partial charge in [-0.2, -0.15) is 0 Å². The molecule has 7 heteroatoms. The van der Waals surface area contributed by atoms with E-state index in [1.807, 2.05) is 12.1 Å². The van der Waals surface area contributed by atoms with Crippen molar-refractivity contribution in [2.75, 3.05) is 27.8 Å². The van der Waals surface area contributed by atoms with E-state index in [0.717, 1.165) is 58.5 Å². The number of ether oxygens (including phenoxy) is 4. The van der Waals surface area contributed by atoms with E-state index in [9.17, 15) is 0 Å². The molecule has 2 aromatic rings. The van der Waals surface area contributed by atoms with Gasteiger partial charge in [-0.05, 0) is 160 Å². The van der Waals surface area contributed by atoms with E-state index >= 15 is 0 Å². The van der Waals surface area contributed by atoms with E-state index < -0.39 is 0 Å². The second kappa shape index (κ2) is 11.2. The number of methoxy groups -OCH3 is 2. The normalized spacial score (nSPS) is 36.5. The highest BCUT2D eigenvalue weighted by atomic mass is 16.7. The molecule has 8 fully saturated rings. The quantitative estimate of drug-likeness (QED) is 0.189. The van der Waals surface area contributed by atoms with Crippen molar-refractivity contribution in [3.8, 4) is 23.0 Å². The van der Waals surface area contributed by atoms with Crippen LogP contribution in [-0.4, -0.2) is 35.5 Å². The number of rotatable bonds is 12. The first kappa shape index (κ1) is 28.1. The zero-order valence-corrected chi connectivity index (χ0v) is 25.9. The van der Waals surface area contributed by atoms with Crippen LogP contribution in [0, 0.1) is 35.5 Å². The van der Waals surface area contributed by atoms with Crippen molar-refractivity contribution in [1.29, 1.82) is 0 Å². The van der Waals surface area contributed by atoms with Crippen LogP contribution >= 0.6 is 0 Å². The Balaban J connectivity index is 1.01. The fourth-order valence-electron chi connectivity index (χ4n) is 11.5. The SMILES string of the molecule is COCOc1ccc(O[B]Oc2ccc(OCOC)c(C34CC5CC(CC(C5)C3)C4)c2)cc1C12CC3CC(CC(C3)C1)C2. The summed E-state index contributed by atoms with van der Waals surface area (Å²) in [4.78, 5) is 0. The molecule has 0 aliphatic heterocycles. The molecule has 6 nitrogen and oxygen atoms in total. The van der Waals surface area contributed by atoms with Gasteiger partial charge in [-0.25, -0.2) is 0 Å². The van der Waals surface area contributed by atoms with Gasteiger partial charge in [0.15, 0.2) is 13.6 Å². The van der Waals surface area contributed by atoms with Gasteiger partial charge in [-0.1, -0.05) is 0 Å². The minimum Gasteiger partial charge on any atom is -0.526 e. The maximum Gasteiger partial charge on any atom is 0.658 e. The van der Waals surface area contributed by atoms with Crippen LogP contribution in [0.15, 0.2) is 36.4 Å². The van der Waals surface area contributed by atoms with E-state index in [1.165, 1.54) is 95.9 Å². The molecule has 8 saturated carbocycles. The fourth-order valence-corrected chi connectivity index (χ4v) is 11.5. The van der Waals surface area contributed by atoms with Crippen molar-refractivity contribution in [1.82, 2.24) is 0 Å². The molecule has 0 atom stereocenters. The lowest BCUT2D eigenvalue weighted by molar-refractivity contribution is -0.00906. The monoisotopic (exact) mass is 585 g/mol. The first-order valence-electron chi connectivity index (χ1n) is 16.7. The highest BCUT2D eigenvalue weighted by Crippen LogP contribution is 2.63. The van der Waals surface area contributed by atoms with E-state index in [4.69, 9.17) is 28.3 Å². The topological polar surface area (TPSA) is 55.4 Å². The minimum atomic E-state index is 0.183. The average Bonchev–Trinajstić information content (AvgIpc) is 2.98. The third-order valence-corrected chi connectivity index (χ3v) is 12.2. The second-order valence-electron chi connectivity index (χ2n) is 15.1. The van der Waals surface area contributed by atoms with Gasteiger partial charge in [-0.3, -0.25) is 0 Å². The van der Waals surface area contributed by atoms with E-state index in [1.54, 1.807) is 14.2 Å². The Morgan fingerprint density at radius 1 is 0.558 bits per heavy atom. The number of hydrogen-bond acceptors (Lipinski definition) is 6. The third kappa shape index (κ3) is 5.22. The second-order valence-corrected chi connectivity index (χ2v) is 15.1. The van der Waals surface area contributed by atoms with E-state index in [0.29, 0.717) is 0 Å². The summed E-state index contributed by atoms with van der Waals surface area (Å²) in [6, 6.07) is 12.5. The van der Waals surface area contributed by atoms with Crippen LogP contribution in [-0.2, 0) is 20.3 Å². The van der Waals surface area contributed by atoms with Gasteiger partial charge in [0.05, 0.1) is 0 Å². The number of hydrogen-bond donors (Lipinski definition) is 0. The molecule has 1 radical (unpaired) electrons. The Labute approximate surface area is 257 Å². The molecule has 0 aromatic heterocycles. The van der Waals surface area contributed by atoms with Crippen molar-refractivity contribution in [3.63, 3.8) is 0 Å². The lowest BCUT2D eigenvalue weighted by atomic mass is 9.48. The maximum absolute atomic E-state index is 6.17. The molecular weight excluding hydrogens is 539 g/mol. The van der Waals surface area contributed by atoms with Crippen molar-refractivity contribution >= 4 is 7.69 Å². The molecule has 0 amide bonds. The summed E-state index contributed by atoms with van der Waals surface area (Å²) in [5.74, 6) is 8.53. The molecular formula is C36H46BO6. The summed E-state index contributed by atoms with van der Waals surface area (Å²) < 4.78 is 35.1. The van der Waals surface area contributed by atoms with Gasteiger partial charge in [0, 0.05) is 25.3 Å². The van der Waals surface area contributed by atoms with Crippen LogP contribution in [0.4, 0.5) is 0 Å². The summed E-state index contributed by atoms with van der Waals surface area (Å²) >= 11 is 0. The molecule has 0 unspecified atom stereocenters. The van der Waals surface area contributed by atoms with Crippen molar-refractivity contribution in [2.24, 2.45) is 35.5 Å². The van der Waals surface area contributed by atoms with Crippen molar-refractivity contribution in [2.45, 2.75) is 87.9 Å². The van der Waals surface area contributed by atoms with Crippen molar-refractivity contribution in [3.05, 3.63) is 47.5 Å². The van der Waals surface area contributed by atoms with Gasteiger partial charge in [0.2, 0.25) is 0 Å². The summed E-state index contributed by atoms with van der Waals surface area (Å²) in [6.45, 7) is 0.510. The van der Waals surface area contributed by atoms with Crippen LogP contribution < -0.4 is 18.8 Å². The molecule has 229 valence electrons. The zero-order chi connectivity index (χ0) is 29.0. The van der Waals surface area contributed by atoms with Gasteiger partial charge in [0.25, 0.3) is 0 Å². The number of benzene rings is 2. The van der Waals surface area contributed by atoms with Gasteiger partial charge >= 0.3 is 7.69 Å². The molecule has 10 rings (SSSR count). The maximum atomic E-state index is 6.17. The van der Waals surface area contributed by atoms with Crippen molar-refractivity contribution < 1.29 is 28.3 Å². The third-order valence-electron chi connectivity index (χ3n) is 12.2. The predicted octanol–water partition coefficient (Wildman–Crippen LogP) is 7.58. The summed E-state index contributed by atoms with van der Waals surface area (Å²) in [5, 5.41) is 0. The Kier molecular flexibility index (Phi) is 7.33. The molecule has 0 N–H and O–H groups in total. The molecule has 0 heterocycles. The Morgan fingerprint density at radius 2 is 0.907 bits per heavy atom. The molecule has 2 aromatic carbocycles. The molecule has 8 aliphatic carbocycles. The van der Waals surface area contributed by atoms with Crippen LogP contribution in [0.1, 0.15) is 88.2 Å². The van der Waals surface area contributed by atoms with Gasteiger partial charge in [0.1, 0.15) is 23.0 Å². The van der Waals surface area contributed by atoms with Crippen LogP contribution in [0.3, 0.4) is 0 Å². The fraction of sp³-hybridized carbons (Fsp3) is 0.667. The lowest BCUT2D eigenvalue weighted by Crippen LogP contribution is -2.48. The largest absolute Gasteiger partial charge is 0.658 e. The molecule has 0 saturated heterocycles. The zero-order valence-electron chi connectivity index (χ0n) is 25.9. The van der Waals surface area contributed by atoms with Crippen LogP contribution in [0.5, 0.6) is 23.0 Å². The predicted molar refractivity (Wildman–Crippen MR) is 165 cm³/mol. The molecule has 0 spiro atoms. The summed E-state index contributed by atoms with van der Waals surface area (Å²) in [7, 11) is 4.85. The highest BCUT2D eigenvalue weighted by Gasteiger charge is 2.54. The average molecular weight is 586 g/mol. The van der Waals surface area contributed by atoms with Crippen LogP contribution in [0.2, 0.25) is 0 Å². The standard InChI is InChI=1S/C36H46BO6/c1-38-21-40-33-5-3-29(13-31(33)35-15-23-7-24(16-35)9-25(8-23)17-35)42-37-43-30-4-6-34(41-22-39-2)32(14-30)36-18-26-10-27(19-36)12-28(11-26)20-36/h3-6,13-14,23-28H,7-12,15-22H2,1-2H3. The Morgan fingerprint density at radius 3 is 1.23 bits per heavy atom. The minimum absolute atomic E-state index is 0.183. The van der Waals surface area contributed by atoms with Gasteiger partial charge < -0.3 is 28.3 Å². The summed E-state index contributed by atoms with van der Waals surface area (Å²) in [6.07, 6.45) is 16.0. The highest BCUT2D eigenvalue weighted by molar-refractivity contribution is 6.20. The smallest absolute Gasteiger partial charge is 0.526 e. The Bertz CT molecular complexity index is 1150. The first-order valence-corrected chi connectivity index (χ1v) is 16.7.